The largest absolute Gasteiger partial charge is 0.495 e. The molecule has 0 atom stereocenters. The second-order valence-electron chi connectivity index (χ2n) is 7.26. The minimum atomic E-state index is -0.422. The van der Waals surface area contributed by atoms with E-state index in [1.165, 1.54) is 36.5 Å². The van der Waals surface area contributed by atoms with Gasteiger partial charge in [0.05, 0.1) is 48.6 Å². The Morgan fingerprint density at radius 1 is 1.09 bits per heavy atom. The summed E-state index contributed by atoms with van der Waals surface area (Å²) in [5.41, 5.74) is 2.15. The number of para-hydroxylation sites is 2. The van der Waals surface area contributed by atoms with Crippen molar-refractivity contribution in [3.05, 3.63) is 86.8 Å². The zero-order chi connectivity index (χ0) is 23.5. The molecule has 8 nitrogen and oxygen atoms in total. The van der Waals surface area contributed by atoms with Gasteiger partial charge in [-0.15, -0.1) is 11.3 Å². The molecule has 4 rings (SSSR count). The number of methoxy groups -OCH3 is 2. The summed E-state index contributed by atoms with van der Waals surface area (Å²) in [6, 6.07) is 13.9. The summed E-state index contributed by atoms with van der Waals surface area (Å²) < 4.78 is 11.5. The van der Waals surface area contributed by atoms with Gasteiger partial charge in [0.15, 0.2) is 0 Å². The summed E-state index contributed by atoms with van der Waals surface area (Å²) in [6.07, 6.45) is 1.47. The molecule has 1 amide bonds. The number of aromatic nitrogens is 2. The number of thiophene rings is 1. The zero-order valence-electron chi connectivity index (χ0n) is 18.2. The van der Waals surface area contributed by atoms with Crippen molar-refractivity contribution in [2.45, 2.75) is 13.5 Å². The Morgan fingerprint density at radius 3 is 2.52 bits per heavy atom. The maximum absolute atomic E-state index is 13.2. The Bertz CT molecular complexity index is 1410. The fraction of sp³-hybridized carbons (Fsp3) is 0.167. The Labute approximate surface area is 193 Å². The highest BCUT2D eigenvalue weighted by Gasteiger charge is 2.20. The normalized spacial score (nSPS) is 10.8. The first kappa shape index (κ1) is 22.2. The lowest BCUT2D eigenvalue weighted by Crippen LogP contribution is -2.21. The summed E-state index contributed by atoms with van der Waals surface area (Å²) in [4.78, 5) is 43.0. The van der Waals surface area contributed by atoms with E-state index in [2.05, 4.69) is 10.3 Å². The average molecular weight is 464 g/mol. The molecule has 0 saturated carbocycles. The maximum atomic E-state index is 13.2. The van der Waals surface area contributed by atoms with E-state index >= 15 is 0 Å². The van der Waals surface area contributed by atoms with E-state index in [4.69, 9.17) is 9.47 Å². The molecule has 9 heteroatoms. The van der Waals surface area contributed by atoms with Gasteiger partial charge in [-0.2, -0.15) is 0 Å². The summed E-state index contributed by atoms with van der Waals surface area (Å²) in [5, 5.41) is 3.26. The van der Waals surface area contributed by atoms with Crippen molar-refractivity contribution >= 4 is 39.1 Å². The molecule has 33 heavy (non-hydrogen) atoms. The SMILES string of the molecule is COC(=O)c1ccc(Cn2cnc3sc(C(=O)Nc4ccccc4OC)c(C)c3c2=O)cc1. The van der Waals surface area contributed by atoms with Gasteiger partial charge < -0.3 is 14.8 Å². The van der Waals surface area contributed by atoms with Gasteiger partial charge in [-0.05, 0) is 42.3 Å². The van der Waals surface area contributed by atoms with E-state index in [9.17, 15) is 14.4 Å². The van der Waals surface area contributed by atoms with Gasteiger partial charge in [-0.1, -0.05) is 24.3 Å². The van der Waals surface area contributed by atoms with Crippen LogP contribution in [-0.4, -0.2) is 35.6 Å². The van der Waals surface area contributed by atoms with E-state index in [1.54, 1.807) is 49.4 Å². The fourth-order valence-corrected chi connectivity index (χ4v) is 4.51. The molecule has 0 aliphatic rings. The van der Waals surface area contributed by atoms with Crippen molar-refractivity contribution in [2.75, 3.05) is 19.5 Å². The smallest absolute Gasteiger partial charge is 0.337 e. The maximum Gasteiger partial charge on any atom is 0.337 e. The fourth-order valence-electron chi connectivity index (χ4n) is 3.48. The van der Waals surface area contributed by atoms with Gasteiger partial charge >= 0.3 is 5.97 Å². The number of fused-ring (bicyclic) bond motifs is 1. The van der Waals surface area contributed by atoms with E-state index in [0.717, 1.165) is 5.56 Å². The zero-order valence-corrected chi connectivity index (χ0v) is 19.1. The predicted octanol–water partition coefficient (Wildman–Crippen LogP) is 3.86. The molecule has 0 bridgehead atoms. The number of amides is 1. The lowest BCUT2D eigenvalue weighted by atomic mass is 10.1. The highest BCUT2D eigenvalue weighted by molar-refractivity contribution is 7.20. The van der Waals surface area contributed by atoms with Crippen LogP contribution in [0, 0.1) is 6.92 Å². The molecule has 0 saturated heterocycles. The third kappa shape index (κ3) is 4.35. The molecular weight excluding hydrogens is 442 g/mol. The van der Waals surface area contributed by atoms with Crippen molar-refractivity contribution < 1.29 is 19.1 Å². The second kappa shape index (κ2) is 9.25. The lowest BCUT2D eigenvalue weighted by molar-refractivity contribution is 0.0600. The van der Waals surface area contributed by atoms with Gasteiger partial charge in [-0.25, -0.2) is 9.78 Å². The summed E-state index contributed by atoms with van der Waals surface area (Å²) in [5.74, 6) is -0.206. The van der Waals surface area contributed by atoms with Gasteiger partial charge in [0.25, 0.3) is 11.5 Å². The van der Waals surface area contributed by atoms with Crippen LogP contribution in [0.2, 0.25) is 0 Å². The van der Waals surface area contributed by atoms with Gasteiger partial charge in [0, 0.05) is 0 Å². The molecule has 0 fully saturated rings. The van der Waals surface area contributed by atoms with Crippen LogP contribution in [-0.2, 0) is 11.3 Å². The number of anilines is 1. The predicted molar refractivity (Wildman–Crippen MR) is 126 cm³/mol. The summed E-state index contributed by atoms with van der Waals surface area (Å²) in [7, 11) is 2.86. The molecule has 2 aromatic heterocycles. The number of hydrogen-bond donors (Lipinski definition) is 1. The van der Waals surface area contributed by atoms with E-state index < -0.39 is 5.97 Å². The highest BCUT2D eigenvalue weighted by atomic mass is 32.1. The Morgan fingerprint density at radius 2 is 1.82 bits per heavy atom. The quantitative estimate of drug-likeness (QED) is 0.436. The van der Waals surface area contributed by atoms with Crippen molar-refractivity contribution in [1.29, 1.82) is 0 Å². The number of benzene rings is 2. The van der Waals surface area contributed by atoms with Crippen molar-refractivity contribution in [3.63, 3.8) is 0 Å². The molecule has 0 radical (unpaired) electrons. The van der Waals surface area contributed by atoms with Crippen molar-refractivity contribution in [2.24, 2.45) is 0 Å². The number of aryl methyl sites for hydroxylation is 1. The summed E-state index contributed by atoms with van der Waals surface area (Å²) >= 11 is 1.17. The number of hydrogen-bond acceptors (Lipinski definition) is 7. The number of nitrogens with zero attached hydrogens (tertiary/aromatic N) is 2. The number of esters is 1. The third-order valence-corrected chi connectivity index (χ3v) is 6.41. The van der Waals surface area contributed by atoms with Crippen molar-refractivity contribution in [1.82, 2.24) is 9.55 Å². The Hall–Kier alpha value is -3.98. The number of ether oxygens (including phenoxy) is 2. The monoisotopic (exact) mass is 463 g/mol. The molecule has 0 aliphatic heterocycles. The van der Waals surface area contributed by atoms with Crippen molar-refractivity contribution in [3.8, 4) is 5.75 Å². The lowest BCUT2D eigenvalue weighted by Gasteiger charge is -2.09. The highest BCUT2D eigenvalue weighted by Crippen LogP contribution is 2.29. The molecular formula is C24H21N3O5S. The minimum absolute atomic E-state index is 0.234. The summed E-state index contributed by atoms with van der Waals surface area (Å²) in [6.45, 7) is 2.02. The molecule has 2 aromatic carbocycles. The van der Waals surface area contributed by atoms with E-state index in [-0.39, 0.29) is 18.0 Å². The minimum Gasteiger partial charge on any atom is -0.495 e. The Kier molecular flexibility index (Phi) is 6.23. The van der Waals surface area contributed by atoms with Crippen LogP contribution in [0.3, 0.4) is 0 Å². The number of carbonyl (C=O) groups is 2. The van der Waals surface area contributed by atoms with E-state index in [0.29, 0.717) is 37.7 Å². The van der Waals surface area contributed by atoms with Crippen LogP contribution < -0.4 is 15.6 Å². The molecule has 0 spiro atoms. The van der Waals surface area contributed by atoms with Crippen LogP contribution in [0.25, 0.3) is 10.2 Å². The third-order valence-electron chi connectivity index (χ3n) is 5.21. The first-order valence-corrected chi connectivity index (χ1v) is 10.8. The molecule has 2 heterocycles. The van der Waals surface area contributed by atoms with Crippen LogP contribution in [0.5, 0.6) is 5.75 Å². The van der Waals surface area contributed by atoms with E-state index in [1.807, 2.05) is 6.07 Å². The Balaban J connectivity index is 1.63. The molecule has 168 valence electrons. The molecule has 1 N–H and O–H groups in total. The second-order valence-corrected chi connectivity index (χ2v) is 8.26. The molecule has 0 unspecified atom stereocenters. The molecule has 4 aromatic rings. The van der Waals surface area contributed by atoms with Gasteiger partial charge in [-0.3, -0.25) is 14.2 Å². The van der Waals surface area contributed by atoms with Crippen LogP contribution in [0.15, 0.2) is 59.7 Å². The number of nitrogens with one attached hydrogen (secondary N) is 1. The first-order valence-electron chi connectivity index (χ1n) is 10.0. The standard InChI is InChI=1S/C24H21N3O5S/c1-14-19-22(33-20(14)21(28)26-17-6-4-5-7-18(17)31-2)25-13-27(23(19)29)12-15-8-10-16(11-9-15)24(30)32-3/h4-11,13H,12H2,1-3H3,(H,26,28). The first-order chi connectivity index (χ1) is 15.9. The number of rotatable bonds is 6. The van der Waals surface area contributed by atoms with Gasteiger partial charge in [0.1, 0.15) is 10.6 Å². The van der Waals surface area contributed by atoms with Crippen LogP contribution >= 0.6 is 11.3 Å². The van der Waals surface area contributed by atoms with Gasteiger partial charge in [0.2, 0.25) is 0 Å². The van der Waals surface area contributed by atoms with Crippen LogP contribution in [0.4, 0.5) is 5.69 Å². The van der Waals surface area contributed by atoms with Crippen LogP contribution in [0.1, 0.15) is 31.2 Å². The number of carbonyl (C=O) groups excluding carboxylic acids is 2. The topological polar surface area (TPSA) is 99.5 Å². The molecule has 0 aliphatic carbocycles. The average Bonchev–Trinajstić information content (AvgIpc) is 3.18.